The molecule has 7 heteroatoms. The van der Waals surface area contributed by atoms with Gasteiger partial charge in [0.25, 0.3) is 5.69 Å². The molecule has 2 aromatic carbocycles. The third-order valence-electron chi connectivity index (χ3n) is 5.59. The third kappa shape index (κ3) is 6.01. The van der Waals surface area contributed by atoms with Crippen molar-refractivity contribution in [3.63, 3.8) is 0 Å². The molecule has 1 aliphatic rings. The zero-order valence-electron chi connectivity index (χ0n) is 17.6. The van der Waals surface area contributed by atoms with Crippen LogP contribution in [-0.2, 0) is 9.59 Å². The van der Waals surface area contributed by atoms with Crippen LogP contribution < -0.4 is 5.32 Å². The number of hydrogen-bond acceptors (Lipinski definition) is 4. The number of amides is 2. The first-order chi connectivity index (χ1) is 15.0. The number of hydrogen-bond donors (Lipinski definition) is 1. The summed E-state index contributed by atoms with van der Waals surface area (Å²) < 4.78 is 0. The Balaban J connectivity index is 1.48. The minimum atomic E-state index is -0.458. The Morgan fingerprint density at radius 1 is 1.13 bits per heavy atom. The second kappa shape index (κ2) is 10.5. The number of benzene rings is 2. The standard InChI is InChI=1S/C24H27N3O4/c1-2-22(19-6-4-3-5-7-19)24(29)26-16-14-20(15-17-26)25-23(28)13-10-18-8-11-21(12-9-18)27(30)31/h3-13,20,22H,2,14-17H2,1H3,(H,25,28). The quantitative estimate of drug-likeness (QED) is 0.417. The molecule has 0 radical (unpaired) electrons. The van der Waals surface area contributed by atoms with Gasteiger partial charge in [-0.05, 0) is 48.6 Å². The van der Waals surface area contributed by atoms with Gasteiger partial charge in [0.15, 0.2) is 0 Å². The molecule has 0 bridgehead atoms. The number of carbonyl (C=O) groups excluding carboxylic acids is 2. The van der Waals surface area contributed by atoms with Gasteiger partial charge in [-0.15, -0.1) is 0 Å². The first-order valence-corrected chi connectivity index (χ1v) is 10.5. The summed E-state index contributed by atoms with van der Waals surface area (Å²) in [5, 5.41) is 13.7. The maximum Gasteiger partial charge on any atom is 0.269 e. The average Bonchev–Trinajstić information content (AvgIpc) is 2.79. The second-order valence-electron chi connectivity index (χ2n) is 7.66. The normalized spacial score (nSPS) is 15.6. The number of nitrogens with one attached hydrogen (secondary N) is 1. The van der Waals surface area contributed by atoms with Crippen LogP contribution in [0, 0.1) is 10.1 Å². The van der Waals surface area contributed by atoms with Crippen LogP contribution in [0.15, 0.2) is 60.7 Å². The van der Waals surface area contributed by atoms with Crippen molar-refractivity contribution in [2.75, 3.05) is 13.1 Å². The number of rotatable bonds is 7. The molecule has 1 aliphatic heterocycles. The lowest BCUT2D eigenvalue weighted by atomic mass is 9.93. The van der Waals surface area contributed by atoms with Crippen LogP contribution in [-0.4, -0.2) is 40.8 Å². The number of carbonyl (C=O) groups is 2. The number of piperidine rings is 1. The minimum absolute atomic E-state index is 0.0143. The number of non-ortho nitro benzene ring substituents is 1. The molecule has 0 aromatic heterocycles. The van der Waals surface area contributed by atoms with Gasteiger partial charge in [0.2, 0.25) is 11.8 Å². The Hall–Kier alpha value is -3.48. The van der Waals surface area contributed by atoms with E-state index >= 15 is 0 Å². The highest BCUT2D eigenvalue weighted by Gasteiger charge is 2.28. The van der Waals surface area contributed by atoms with Gasteiger partial charge in [0, 0.05) is 37.3 Å². The molecule has 162 valence electrons. The van der Waals surface area contributed by atoms with E-state index in [0.29, 0.717) is 31.5 Å². The van der Waals surface area contributed by atoms with Crippen LogP contribution in [0.2, 0.25) is 0 Å². The molecular weight excluding hydrogens is 394 g/mol. The summed E-state index contributed by atoms with van der Waals surface area (Å²) in [6, 6.07) is 15.9. The maximum absolute atomic E-state index is 13.0. The fourth-order valence-corrected chi connectivity index (χ4v) is 3.83. The highest BCUT2D eigenvalue weighted by atomic mass is 16.6. The highest BCUT2D eigenvalue weighted by Crippen LogP contribution is 2.24. The van der Waals surface area contributed by atoms with Crippen molar-refractivity contribution in [2.24, 2.45) is 0 Å². The van der Waals surface area contributed by atoms with Gasteiger partial charge >= 0.3 is 0 Å². The Morgan fingerprint density at radius 3 is 2.35 bits per heavy atom. The molecule has 1 unspecified atom stereocenters. The van der Waals surface area contributed by atoms with E-state index in [4.69, 9.17) is 0 Å². The molecule has 0 saturated carbocycles. The molecule has 7 nitrogen and oxygen atoms in total. The molecule has 2 amide bonds. The van der Waals surface area contributed by atoms with Crippen molar-refractivity contribution >= 4 is 23.6 Å². The predicted octanol–water partition coefficient (Wildman–Crippen LogP) is 3.91. The number of nitrogens with zero attached hydrogens (tertiary/aromatic N) is 2. The van der Waals surface area contributed by atoms with Gasteiger partial charge in [-0.3, -0.25) is 19.7 Å². The smallest absolute Gasteiger partial charge is 0.269 e. The summed E-state index contributed by atoms with van der Waals surface area (Å²) in [7, 11) is 0. The van der Waals surface area contributed by atoms with Gasteiger partial charge in [0.1, 0.15) is 0 Å². The lowest BCUT2D eigenvalue weighted by Gasteiger charge is -2.34. The molecule has 31 heavy (non-hydrogen) atoms. The van der Waals surface area contributed by atoms with Crippen LogP contribution in [0.3, 0.4) is 0 Å². The lowest BCUT2D eigenvalue weighted by Crippen LogP contribution is -2.47. The molecule has 1 N–H and O–H groups in total. The molecule has 0 spiro atoms. The summed E-state index contributed by atoms with van der Waals surface area (Å²) in [5.41, 5.74) is 1.77. The molecule has 2 aromatic rings. The Kier molecular flexibility index (Phi) is 7.54. The van der Waals surface area contributed by atoms with Gasteiger partial charge in [-0.2, -0.15) is 0 Å². The summed E-state index contributed by atoms with van der Waals surface area (Å²) in [5.74, 6) is -0.188. The molecule has 0 aliphatic carbocycles. The van der Waals surface area contributed by atoms with E-state index in [0.717, 1.165) is 12.0 Å². The molecule has 1 fully saturated rings. The van der Waals surface area contributed by atoms with Crippen molar-refractivity contribution in [1.29, 1.82) is 0 Å². The van der Waals surface area contributed by atoms with Crippen molar-refractivity contribution in [2.45, 2.75) is 38.1 Å². The topological polar surface area (TPSA) is 92.6 Å². The number of likely N-dealkylation sites (tertiary alicyclic amines) is 1. The van der Waals surface area contributed by atoms with Crippen molar-refractivity contribution in [3.05, 3.63) is 81.9 Å². The van der Waals surface area contributed by atoms with Crippen molar-refractivity contribution in [1.82, 2.24) is 10.2 Å². The van der Waals surface area contributed by atoms with Crippen molar-refractivity contribution in [3.8, 4) is 0 Å². The zero-order valence-corrected chi connectivity index (χ0v) is 17.6. The van der Waals surface area contributed by atoms with Gasteiger partial charge < -0.3 is 10.2 Å². The van der Waals surface area contributed by atoms with Gasteiger partial charge in [-0.1, -0.05) is 37.3 Å². The largest absolute Gasteiger partial charge is 0.350 e. The Morgan fingerprint density at radius 2 is 1.77 bits per heavy atom. The second-order valence-corrected chi connectivity index (χ2v) is 7.66. The summed E-state index contributed by atoms with van der Waals surface area (Å²) in [4.78, 5) is 37.3. The first kappa shape index (κ1) is 22.2. The fourth-order valence-electron chi connectivity index (χ4n) is 3.83. The van der Waals surface area contributed by atoms with Gasteiger partial charge in [0.05, 0.1) is 10.8 Å². The molecular formula is C24H27N3O4. The average molecular weight is 421 g/mol. The van der Waals surface area contributed by atoms with Gasteiger partial charge in [-0.25, -0.2) is 0 Å². The fraction of sp³-hybridized carbons (Fsp3) is 0.333. The summed E-state index contributed by atoms with van der Waals surface area (Å²) in [6.45, 7) is 3.28. The van der Waals surface area contributed by atoms with Crippen LogP contribution in [0.25, 0.3) is 6.08 Å². The predicted molar refractivity (Wildman–Crippen MR) is 119 cm³/mol. The Bertz CT molecular complexity index is 933. The monoisotopic (exact) mass is 421 g/mol. The third-order valence-corrected chi connectivity index (χ3v) is 5.59. The molecule has 1 heterocycles. The van der Waals surface area contributed by atoms with E-state index in [2.05, 4.69) is 5.32 Å². The van der Waals surface area contributed by atoms with Crippen LogP contribution in [0.4, 0.5) is 5.69 Å². The van der Waals surface area contributed by atoms with E-state index in [-0.39, 0.29) is 29.5 Å². The van der Waals surface area contributed by atoms with E-state index < -0.39 is 4.92 Å². The summed E-state index contributed by atoms with van der Waals surface area (Å²) >= 11 is 0. The zero-order chi connectivity index (χ0) is 22.2. The molecule has 1 atom stereocenters. The number of nitro groups is 1. The molecule has 1 saturated heterocycles. The highest BCUT2D eigenvalue weighted by molar-refractivity contribution is 5.92. The van der Waals surface area contributed by atoms with Crippen molar-refractivity contribution < 1.29 is 14.5 Å². The van der Waals surface area contributed by atoms with E-state index in [9.17, 15) is 19.7 Å². The summed E-state index contributed by atoms with van der Waals surface area (Å²) in [6.07, 6.45) is 5.25. The van der Waals surface area contributed by atoms with Crippen LogP contribution in [0.5, 0.6) is 0 Å². The van der Waals surface area contributed by atoms with Crippen LogP contribution in [0.1, 0.15) is 43.2 Å². The number of nitro benzene ring substituents is 1. The molecule has 3 rings (SSSR count). The van der Waals surface area contributed by atoms with Crippen LogP contribution >= 0.6 is 0 Å². The lowest BCUT2D eigenvalue weighted by molar-refractivity contribution is -0.384. The first-order valence-electron chi connectivity index (χ1n) is 10.5. The SMILES string of the molecule is CCC(C(=O)N1CCC(NC(=O)C=Cc2ccc([N+](=O)[O-])cc2)CC1)c1ccccc1. The van der Waals surface area contributed by atoms with E-state index in [1.54, 1.807) is 18.2 Å². The minimum Gasteiger partial charge on any atom is -0.350 e. The Labute approximate surface area is 181 Å². The van der Waals surface area contributed by atoms with E-state index in [1.807, 2.05) is 42.2 Å². The maximum atomic E-state index is 13.0. The van der Waals surface area contributed by atoms with E-state index in [1.165, 1.54) is 18.2 Å².